The van der Waals surface area contributed by atoms with Crippen molar-refractivity contribution in [2.24, 2.45) is 11.0 Å². The molecule has 0 fully saturated rings. The van der Waals surface area contributed by atoms with E-state index in [1.165, 1.54) is 23.2 Å². The third kappa shape index (κ3) is 4.75. The van der Waals surface area contributed by atoms with Gasteiger partial charge in [0.25, 0.3) is 11.8 Å². The first-order valence-corrected chi connectivity index (χ1v) is 10.3. The first kappa shape index (κ1) is 23.7. The summed E-state index contributed by atoms with van der Waals surface area (Å²) in [4.78, 5) is 13.3. The number of hydrogen-bond acceptors (Lipinski definition) is 5. The normalized spacial score (nSPS) is 17.9. The molecule has 2 aromatic carbocycles. The minimum Gasteiger partial charge on any atom is -0.497 e. The molecule has 172 valence electrons. The van der Waals surface area contributed by atoms with Crippen LogP contribution in [0.4, 0.5) is 20.2 Å². The molecule has 8 heteroatoms. The average molecular weight is 446 g/mol. The smallest absolute Gasteiger partial charge is 0.270 e. The Kier molecular flexibility index (Phi) is 6.29. The first-order valence-electron chi connectivity index (χ1n) is 10.3. The van der Waals surface area contributed by atoms with Gasteiger partial charge in [0.2, 0.25) is 0 Å². The van der Waals surface area contributed by atoms with Crippen molar-refractivity contribution in [1.29, 1.82) is 0 Å². The largest absolute Gasteiger partial charge is 0.497 e. The van der Waals surface area contributed by atoms with Gasteiger partial charge >= 0.3 is 0 Å². The lowest BCUT2D eigenvalue weighted by Crippen LogP contribution is -2.40. The van der Waals surface area contributed by atoms with Crippen molar-refractivity contribution in [2.75, 3.05) is 17.4 Å². The van der Waals surface area contributed by atoms with Crippen molar-refractivity contribution in [2.45, 2.75) is 52.2 Å². The lowest BCUT2D eigenvalue weighted by atomic mass is 9.85. The van der Waals surface area contributed by atoms with Gasteiger partial charge in [-0.05, 0) is 48.2 Å². The summed E-state index contributed by atoms with van der Waals surface area (Å²) in [5.74, 6) is -3.72. The Morgan fingerprint density at radius 3 is 2.44 bits per heavy atom. The molecule has 1 amide bonds. The summed E-state index contributed by atoms with van der Waals surface area (Å²) < 4.78 is 32.6. The van der Waals surface area contributed by atoms with Crippen LogP contribution in [0.5, 0.6) is 5.75 Å². The molecule has 2 unspecified atom stereocenters. The minimum absolute atomic E-state index is 0.187. The van der Waals surface area contributed by atoms with Crippen molar-refractivity contribution in [3.63, 3.8) is 0 Å². The van der Waals surface area contributed by atoms with E-state index in [1.54, 1.807) is 32.2 Å². The second kappa shape index (κ2) is 8.50. The molecule has 0 saturated heterocycles. The third-order valence-corrected chi connectivity index (χ3v) is 5.42. The van der Waals surface area contributed by atoms with Crippen LogP contribution in [0.25, 0.3) is 0 Å². The van der Waals surface area contributed by atoms with Gasteiger partial charge in [-0.15, -0.1) is 0 Å². The van der Waals surface area contributed by atoms with Crippen LogP contribution in [0.2, 0.25) is 0 Å². The van der Waals surface area contributed by atoms with Crippen molar-refractivity contribution >= 4 is 23.0 Å². The maximum absolute atomic E-state index is 13.6. The van der Waals surface area contributed by atoms with Gasteiger partial charge < -0.3 is 15.2 Å². The molecule has 1 aliphatic rings. The highest BCUT2D eigenvalue weighted by atomic mass is 19.3. The number of aliphatic hydroxyl groups is 1. The van der Waals surface area contributed by atoms with Gasteiger partial charge in [-0.25, -0.2) is 8.78 Å². The standard InChI is InChI=1S/C24H29F2N3O3/c1-14-20(21(30)27-16-9-7-8-15(12-16)24(5,25)26)22(31)29(28-14)19-11-10-17(32-6)13-18(19)23(2,3)4/h7-13,20-21,27,30H,1-6H3. The second-order valence-electron chi connectivity index (χ2n) is 9.06. The quantitative estimate of drug-likeness (QED) is 0.622. The number of nitrogens with one attached hydrogen (secondary N) is 1. The number of methoxy groups -OCH3 is 1. The van der Waals surface area contributed by atoms with Crippen molar-refractivity contribution in [3.8, 4) is 5.75 Å². The molecule has 2 N–H and O–H groups in total. The summed E-state index contributed by atoms with van der Waals surface area (Å²) in [6.07, 6.45) is -1.34. The zero-order valence-corrected chi connectivity index (χ0v) is 19.1. The highest BCUT2D eigenvalue weighted by Gasteiger charge is 2.41. The van der Waals surface area contributed by atoms with Crippen LogP contribution in [-0.2, 0) is 16.1 Å². The molecule has 0 saturated carbocycles. The molecule has 2 aromatic rings. The molecule has 0 radical (unpaired) electrons. The molecule has 32 heavy (non-hydrogen) atoms. The van der Waals surface area contributed by atoms with Crippen LogP contribution >= 0.6 is 0 Å². The number of anilines is 2. The molecule has 1 heterocycles. The molecule has 0 aromatic heterocycles. The van der Waals surface area contributed by atoms with Crippen LogP contribution < -0.4 is 15.1 Å². The number of alkyl halides is 2. The van der Waals surface area contributed by atoms with Gasteiger partial charge in [0, 0.05) is 18.2 Å². The Hall–Kier alpha value is -3.00. The molecule has 1 aliphatic heterocycles. The molecular formula is C24H29F2N3O3. The third-order valence-electron chi connectivity index (χ3n) is 5.42. The molecule has 2 atom stereocenters. The van der Waals surface area contributed by atoms with Crippen LogP contribution in [-0.4, -0.2) is 30.1 Å². The SMILES string of the molecule is COc1ccc(N2N=C(C)C(C(O)Nc3cccc(C(C)(F)F)c3)C2=O)c(C(C)(C)C)c1. The molecule has 6 nitrogen and oxygen atoms in total. The summed E-state index contributed by atoms with van der Waals surface area (Å²) in [6.45, 7) is 8.52. The summed E-state index contributed by atoms with van der Waals surface area (Å²) in [5, 5.41) is 19.2. The Morgan fingerprint density at radius 2 is 1.84 bits per heavy atom. The maximum atomic E-state index is 13.6. The predicted octanol–water partition coefficient (Wildman–Crippen LogP) is 4.87. The van der Waals surface area contributed by atoms with Gasteiger partial charge in [-0.3, -0.25) is 4.79 Å². The van der Waals surface area contributed by atoms with Crippen molar-refractivity contribution in [3.05, 3.63) is 53.6 Å². The number of aliphatic hydroxyl groups excluding tert-OH is 1. The van der Waals surface area contributed by atoms with Gasteiger partial charge in [0.1, 0.15) is 17.9 Å². The zero-order valence-electron chi connectivity index (χ0n) is 19.1. The first-order chi connectivity index (χ1) is 14.8. The Bertz CT molecular complexity index is 1040. The molecule has 0 aliphatic carbocycles. The Labute approximate surface area is 186 Å². The Morgan fingerprint density at radius 1 is 1.16 bits per heavy atom. The molecule has 3 rings (SSSR count). The minimum atomic E-state index is -3.02. The van der Waals surface area contributed by atoms with E-state index in [0.29, 0.717) is 17.1 Å². The van der Waals surface area contributed by atoms with E-state index in [2.05, 4.69) is 10.4 Å². The number of carbonyl (C=O) groups is 1. The zero-order chi connectivity index (χ0) is 23.8. The van der Waals surface area contributed by atoms with Crippen LogP contribution in [0.3, 0.4) is 0 Å². The summed E-state index contributed by atoms with van der Waals surface area (Å²) >= 11 is 0. The molecular weight excluding hydrogens is 416 g/mol. The van der Waals surface area contributed by atoms with Crippen LogP contribution in [0.15, 0.2) is 47.6 Å². The number of hydrazone groups is 1. The van der Waals surface area contributed by atoms with E-state index in [4.69, 9.17) is 4.74 Å². The summed E-state index contributed by atoms with van der Waals surface area (Å²) in [5.41, 5.74) is 1.69. The molecule has 0 bridgehead atoms. The lowest BCUT2D eigenvalue weighted by Gasteiger charge is -2.27. The van der Waals surface area contributed by atoms with Crippen LogP contribution in [0.1, 0.15) is 45.7 Å². The second-order valence-corrected chi connectivity index (χ2v) is 9.06. The number of benzene rings is 2. The number of amides is 1. The van der Waals surface area contributed by atoms with Crippen LogP contribution in [0, 0.1) is 5.92 Å². The topological polar surface area (TPSA) is 74.2 Å². The highest BCUT2D eigenvalue weighted by Crippen LogP contribution is 2.38. The van der Waals surface area contributed by atoms with E-state index in [0.717, 1.165) is 12.5 Å². The number of nitrogens with zero attached hydrogens (tertiary/aromatic N) is 2. The van der Waals surface area contributed by atoms with Gasteiger partial charge in [-0.1, -0.05) is 32.9 Å². The number of hydrogen-bond donors (Lipinski definition) is 2. The summed E-state index contributed by atoms with van der Waals surface area (Å²) in [6, 6.07) is 11.0. The van der Waals surface area contributed by atoms with E-state index < -0.39 is 24.0 Å². The fourth-order valence-corrected chi connectivity index (χ4v) is 3.68. The van der Waals surface area contributed by atoms with E-state index >= 15 is 0 Å². The highest BCUT2D eigenvalue weighted by molar-refractivity contribution is 6.15. The molecule has 0 spiro atoms. The monoisotopic (exact) mass is 445 g/mol. The van der Waals surface area contributed by atoms with Gasteiger partial charge in [-0.2, -0.15) is 10.1 Å². The van der Waals surface area contributed by atoms with E-state index in [9.17, 15) is 18.7 Å². The van der Waals surface area contributed by atoms with Gasteiger partial charge in [0.15, 0.2) is 0 Å². The number of halogens is 2. The average Bonchev–Trinajstić information content (AvgIpc) is 3.00. The lowest BCUT2D eigenvalue weighted by molar-refractivity contribution is -0.121. The van der Waals surface area contributed by atoms with Gasteiger partial charge in [0.05, 0.1) is 18.5 Å². The Balaban J connectivity index is 1.88. The predicted molar refractivity (Wildman–Crippen MR) is 121 cm³/mol. The number of carbonyl (C=O) groups excluding carboxylic acids is 1. The van der Waals surface area contributed by atoms with E-state index in [-0.39, 0.29) is 16.7 Å². The van der Waals surface area contributed by atoms with Crippen molar-refractivity contribution in [1.82, 2.24) is 0 Å². The number of ether oxygens (including phenoxy) is 1. The fraction of sp³-hybridized carbons (Fsp3) is 0.417. The summed E-state index contributed by atoms with van der Waals surface area (Å²) in [7, 11) is 1.58. The fourth-order valence-electron chi connectivity index (χ4n) is 3.68. The van der Waals surface area contributed by atoms with Crippen molar-refractivity contribution < 1.29 is 23.4 Å². The number of rotatable bonds is 6. The van der Waals surface area contributed by atoms with E-state index in [1.807, 2.05) is 26.8 Å². The maximum Gasteiger partial charge on any atom is 0.270 e.